The molecule has 0 unspecified atom stereocenters. The highest BCUT2D eigenvalue weighted by Crippen LogP contribution is 2.44. The smallest absolute Gasteiger partial charge is 0.461 e. The van der Waals surface area contributed by atoms with Crippen LogP contribution in [0.3, 0.4) is 0 Å². The first-order valence-electron chi connectivity index (χ1n) is 9.37. The zero-order chi connectivity index (χ0) is 19.3. The molecule has 0 bridgehead atoms. The molecule has 1 fully saturated rings. The van der Waals surface area contributed by atoms with Crippen molar-refractivity contribution in [1.82, 2.24) is 0 Å². The van der Waals surface area contributed by atoms with Crippen molar-refractivity contribution in [1.29, 1.82) is 0 Å². The molecule has 0 N–H and O–H groups in total. The number of unbranched alkanes of at least 4 members (excludes halogenated alkanes) is 3. The van der Waals surface area contributed by atoms with Crippen molar-refractivity contribution >= 4 is 13.1 Å². The number of rotatable bonds is 10. The van der Waals surface area contributed by atoms with Gasteiger partial charge in [0.1, 0.15) is 0 Å². The summed E-state index contributed by atoms with van der Waals surface area (Å²) in [6.07, 6.45) is 3.82. The van der Waals surface area contributed by atoms with Crippen LogP contribution in [0.1, 0.15) is 80.1 Å². The Morgan fingerprint density at radius 2 is 1.64 bits per heavy atom. The zero-order valence-corrected chi connectivity index (χ0v) is 16.5. The van der Waals surface area contributed by atoms with E-state index in [0.29, 0.717) is 6.42 Å². The molecule has 0 aromatic heterocycles. The van der Waals surface area contributed by atoms with Gasteiger partial charge in [-0.3, -0.25) is 0 Å². The van der Waals surface area contributed by atoms with E-state index in [9.17, 15) is 13.6 Å². The molecule has 0 saturated carbocycles. The average Bonchev–Trinajstić information content (AvgIpc) is 2.71. The minimum absolute atomic E-state index is 0.0634. The van der Waals surface area contributed by atoms with Crippen LogP contribution in [0.2, 0.25) is 5.82 Å². The fourth-order valence-electron chi connectivity index (χ4n) is 2.90. The predicted octanol–water partition coefficient (Wildman–Crippen LogP) is 5.01. The standard InChI is InChI=1S/C18H33BF2O4/c1-7-9-10-11-12-14(13-18(20,21)15(22)23-8-2)19-24-16(3,4)17(5,6)25-19/h14H,7-13H2,1-6H3/t14-/m1/s1. The van der Waals surface area contributed by atoms with Crippen LogP contribution in [0.5, 0.6) is 0 Å². The minimum atomic E-state index is -3.53. The van der Waals surface area contributed by atoms with Crippen molar-refractivity contribution < 1.29 is 27.6 Å². The molecule has 0 radical (unpaired) electrons. The fraction of sp³-hybridized carbons (Fsp3) is 0.944. The second-order valence-electron chi connectivity index (χ2n) is 7.86. The van der Waals surface area contributed by atoms with Crippen LogP contribution in [-0.2, 0) is 18.8 Å². The first kappa shape index (κ1) is 22.4. The van der Waals surface area contributed by atoms with Gasteiger partial charge in [0, 0.05) is 12.2 Å². The van der Waals surface area contributed by atoms with Crippen molar-refractivity contribution in [3.05, 3.63) is 0 Å². The lowest BCUT2D eigenvalue weighted by Gasteiger charge is -2.32. The van der Waals surface area contributed by atoms with Gasteiger partial charge in [-0.2, -0.15) is 8.78 Å². The Bertz CT molecular complexity index is 425. The summed E-state index contributed by atoms with van der Waals surface area (Å²) in [6, 6.07) is 0. The van der Waals surface area contributed by atoms with Gasteiger partial charge in [-0.25, -0.2) is 4.79 Å². The number of hydrogen-bond donors (Lipinski definition) is 0. The summed E-state index contributed by atoms with van der Waals surface area (Å²) in [6.45, 7) is 11.1. The monoisotopic (exact) mass is 362 g/mol. The number of carbonyl (C=O) groups is 1. The highest BCUT2D eigenvalue weighted by molar-refractivity contribution is 6.47. The number of esters is 1. The van der Waals surface area contributed by atoms with Gasteiger partial charge in [-0.1, -0.05) is 39.0 Å². The van der Waals surface area contributed by atoms with E-state index in [0.717, 1.165) is 25.7 Å². The number of ether oxygens (including phenoxy) is 1. The van der Waals surface area contributed by atoms with Gasteiger partial charge < -0.3 is 14.0 Å². The fourth-order valence-corrected chi connectivity index (χ4v) is 2.90. The summed E-state index contributed by atoms with van der Waals surface area (Å²) >= 11 is 0. The summed E-state index contributed by atoms with van der Waals surface area (Å²) in [5, 5.41) is 0. The van der Waals surface area contributed by atoms with Crippen LogP contribution >= 0.6 is 0 Å². The molecule has 1 aliphatic rings. The second-order valence-corrected chi connectivity index (χ2v) is 7.86. The SMILES string of the molecule is CCCCCC[C@H](CC(F)(F)C(=O)OCC)B1OC(C)(C)C(C)(C)O1. The summed E-state index contributed by atoms with van der Waals surface area (Å²) in [5.74, 6) is -5.56. The average molecular weight is 362 g/mol. The van der Waals surface area contributed by atoms with Gasteiger partial charge in [0.05, 0.1) is 17.8 Å². The van der Waals surface area contributed by atoms with Crippen molar-refractivity contribution in [3.8, 4) is 0 Å². The molecule has 146 valence electrons. The van der Waals surface area contributed by atoms with E-state index < -0.39 is 42.5 Å². The van der Waals surface area contributed by atoms with E-state index in [1.807, 2.05) is 27.7 Å². The second kappa shape index (κ2) is 8.80. The number of carbonyl (C=O) groups excluding carboxylic acids is 1. The molecule has 0 amide bonds. The predicted molar refractivity (Wildman–Crippen MR) is 94.8 cm³/mol. The highest BCUT2D eigenvalue weighted by Gasteiger charge is 2.56. The Morgan fingerprint density at radius 3 is 2.12 bits per heavy atom. The van der Waals surface area contributed by atoms with E-state index in [1.54, 1.807) is 0 Å². The third-order valence-electron chi connectivity index (χ3n) is 5.18. The maximum absolute atomic E-state index is 14.3. The van der Waals surface area contributed by atoms with Gasteiger partial charge in [0.15, 0.2) is 0 Å². The maximum atomic E-state index is 14.3. The molecule has 0 aromatic carbocycles. The summed E-state index contributed by atoms with van der Waals surface area (Å²) in [4.78, 5) is 11.6. The lowest BCUT2D eigenvalue weighted by atomic mass is 9.66. The Labute approximate surface area is 151 Å². The Balaban J connectivity index is 2.85. The van der Waals surface area contributed by atoms with Crippen LogP contribution in [0.4, 0.5) is 8.78 Å². The van der Waals surface area contributed by atoms with Gasteiger partial charge in [-0.15, -0.1) is 0 Å². The molecule has 25 heavy (non-hydrogen) atoms. The van der Waals surface area contributed by atoms with Gasteiger partial charge in [0.25, 0.3) is 0 Å². The van der Waals surface area contributed by atoms with Crippen LogP contribution in [0.15, 0.2) is 0 Å². The molecule has 1 saturated heterocycles. The molecule has 1 heterocycles. The van der Waals surface area contributed by atoms with Crippen molar-refractivity contribution in [2.24, 2.45) is 0 Å². The molecular formula is C18H33BF2O4. The van der Waals surface area contributed by atoms with E-state index in [-0.39, 0.29) is 6.61 Å². The van der Waals surface area contributed by atoms with E-state index >= 15 is 0 Å². The first-order chi connectivity index (χ1) is 11.5. The minimum Gasteiger partial charge on any atom is -0.462 e. The van der Waals surface area contributed by atoms with Gasteiger partial charge in [-0.05, 0) is 34.6 Å². The molecule has 7 heteroatoms. The van der Waals surface area contributed by atoms with Crippen molar-refractivity contribution in [2.45, 2.75) is 103 Å². The highest BCUT2D eigenvalue weighted by atomic mass is 19.3. The first-order valence-corrected chi connectivity index (χ1v) is 9.37. The number of hydrogen-bond acceptors (Lipinski definition) is 4. The Hall–Kier alpha value is -0.685. The molecule has 4 nitrogen and oxygen atoms in total. The van der Waals surface area contributed by atoms with Crippen LogP contribution in [0, 0.1) is 0 Å². The van der Waals surface area contributed by atoms with E-state index in [1.165, 1.54) is 6.92 Å². The van der Waals surface area contributed by atoms with E-state index in [4.69, 9.17) is 9.31 Å². The summed E-state index contributed by atoms with van der Waals surface area (Å²) in [5.41, 5.74) is -1.17. The number of alkyl halides is 2. The third-order valence-corrected chi connectivity index (χ3v) is 5.18. The van der Waals surface area contributed by atoms with Crippen LogP contribution in [-0.4, -0.2) is 36.8 Å². The number of halogens is 2. The lowest BCUT2D eigenvalue weighted by molar-refractivity contribution is -0.172. The summed E-state index contributed by atoms with van der Waals surface area (Å²) < 4.78 is 45.0. The molecule has 0 aromatic rings. The van der Waals surface area contributed by atoms with E-state index in [2.05, 4.69) is 11.7 Å². The van der Waals surface area contributed by atoms with Crippen molar-refractivity contribution in [2.75, 3.05) is 6.61 Å². The zero-order valence-electron chi connectivity index (χ0n) is 16.5. The molecule has 0 aliphatic carbocycles. The normalized spacial score (nSPS) is 20.6. The van der Waals surface area contributed by atoms with Gasteiger partial charge >= 0.3 is 19.0 Å². The molecule has 1 aliphatic heterocycles. The third kappa shape index (κ3) is 5.92. The molecule has 1 rings (SSSR count). The Morgan fingerprint density at radius 1 is 1.08 bits per heavy atom. The molecule has 0 spiro atoms. The van der Waals surface area contributed by atoms with Gasteiger partial charge in [0.2, 0.25) is 0 Å². The quantitative estimate of drug-likeness (QED) is 0.311. The maximum Gasteiger partial charge on any atom is 0.461 e. The topological polar surface area (TPSA) is 44.8 Å². The largest absolute Gasteiger partial charge is 0.462 e. The van der Waals surface area contributed by atoms with Crippen molar-refractivity contribution in [3.63, 3.8) is 0 Å². The summed E-state index contributed by atoms with van der Waals surface area (Å²) in [7, 11) is -0.744. The van der Waals surface area contributed by atoms with Crippen LogP contribution in [0.25, 0.3) is 0 Å². The lowest BCUT2D eigenvalue weighted by Crippen LogP contribution is -2.41. The Kier molecular flexibility index (Phi) is 7.87. The molecular weight excluding hydrogens is 329 g/mol. The molecule has 1 atom stereocenters. The van der Waals surface area contributed by atoms with Crippen LogP contribution < -0.4 is 0 Å².